The van der Waals surface area contributed by atoms with Gasteiger partial charge in [-0.05, 0) is 69.2 Å². The largest absolute Gasteiger partial charge is 0.346 e. The van der Waals surface area contributed by atoms with Crippen molar-refractivity contribution in [3.05, 3.63) is 53.3 Å². The number of piperidine rings is 1. The number of carbonyl (C=O) groups is 1. The number of benzene rings is 1. The number of hydrogen-bond donors (Lipinski definition) is 1. The first-order valence-electron chi connectivity index (χ1n) is 9.37. The molecule has 1 saturated heterocycles. The van der Waals surface area contributed by atoms with Crippen molar-refractivity contribution in [2.24, 2.45) is 0 Å². The molecule has 1 N–H and O–H groups in total. The summed E-state index contributed by atoms with van der Waals surface area (Å²) < 4.78 is 0. The van der Waals surface area contributed by atoms with Crippen LogP contribution in [0.5, 0.6) is 0 Å². The maximum absolute atomic E-state index is 12.6. The third-order valence-electron chi connectivity index (χ3n) is 6.32. The number of aryl methyl sites for hydroxylation is 1. The fourth-order valence-corrected chi connectivity index (χ4v) is 4.73. The molecule has 2 aliphatic rings. The van der Waals surface area contributed by atoms with Gasteiger partial charge in [0.05, 0.1) is 0 Å². The van der Waals surface area contributed by atoms with E-state index in [0.29, 0.717) is 12.2 Å². The third-order valence-corrected chi connectivity index (χ3v) is 6.32. The summed E-state index contributed by atoms with van der Waals surface area (Å²) in [5, 5.41) is 1.14. The summed E-state index contributed by atoms with van der Waals surface area (Å²) in [6, 6.07) is 10.6. The van der Waals surface area contributed by atoms with E-state index in [1.165, 1.54) is 11.1 Å². The van der Waals surface area contributed by atoms with Crippen molar-refractivity contribution in [3.63, 3.8) is 0 Å². The zero-order chi connectivity index (χ0) is 17.9. The minimum absolute atomic E-state index is 0.0376. The van der Waals surface area contributed by atoms with Crippen molar-refractivity contribution in [2.75, 3.05) is 20.1 Å². The number of likely N-dealkylation sites (tertiary alicyclic amines) is 1. The summed E-state index contributed by atoms with van der Waals surface area (Å²) in [5.41, 5.74) is 6.51. The summed E-state index contributed by atoms with van der Waals surface area (Å²) in [5.74, 6) is 0.312. The Bertz CT molecular complexity index is 1030. The molecule has 5 rings (SSSR count). The van der Waals surface area contributed by atoms with Gasteiger partial charge in [0.15, 0.2) is 5.78 Å². The van der Waals surface area contributed by atoms with Crippen LogP contribution in [0.25, 0.3) is 22.2 Å². The molecule has 0 saturated carbocycles. The van der Waals surface area contributed by atoms with Crippen LogP contribution in [0.4, 0.5) is 0 Å². The van der Waals surface area contributed by atoms with Crippen LogP contribution >= 0.6 is 0 Å². The first-order chi connectivity index (χ1) is 12.6. The topological polar surface area (TPSA) is 49.0 Å². The molecule has 1 spiro atoms. The van der Waals surface area contributed by atoms with E-state index in [2.05, 4.69) is 46.2 Å². The lowest BCUT2D eigenvalue weighted by atomic mass is 9.73. The van der Waals surface area contributed by atoms with Gasteiger partial charge in [0.25, 0.3) is 0 Å². The second kappa shape index (κ2) is 5.52. The molecule has 132 valence electrons. The fourth-order valence-electron chi connectivity index (χ4n) is 4.73. The standard InChI is InChI=1S/C22H23N3O/c1-14-3-5-16-18(13-23-21(16)24-14)15-4-6-17-19(11-15)22(12-20(17)26)7-9-25(2)10-8-22/h3-6,11,13H,7-10,12H2,1-2H3,(H,23,24). The van der Waals surface area contributed by atoms with Crippen LogP contribution < -0.4 is 0 Å². The van der Waals surface area contributed by atoms with E-state index in [1.807, 2.05) is 19.2 Å². The number of aromatic amines is 1. The van der Waals surface area contributed by atoms with Crippen LogP contribution in [0.3, 0.4) is 0 Å². The number of carbonyl (C=O) groups excluding carboxylic acids is 1. The quantitative estimate of drug-likeness (QED) is 0.723. The molecular formula is C22H23N3O. The summed E-state index contributed by atoms with van der Waals surface area (Å²) in [6.07, 6.45) is 4.85. The lowest BCUT2D eigenvalue weighted by molar-refractivity contribution is 0.0945. The molecular weight excluding hydrogens is 322 g/mol. The molecule has 3 heterocycles. The average molecular weight is 345 g/mol. The monoisotopic (exact) mass is 345 g/mol. The highest BCUT2D eigenvalue weighted by molar-refractivity contribution is 6.03. The van der Waals surface area contributed by atoms with E-state index < -0.39 is 0 Å². The Morgan fingerprint density at radius 1 is 1.12 bits per heavy atom. The normalized spacial score (nSPS) is 19.4. The zero-order valence-electron chi connectivity index (χ0n) is 15.3. The van der Waals surface area contributed by atoms with E-state index in [4.69, 9.17) is 0 Å². The molecule has 1 aliphatic carbocycles. The summed E-state index contributed by atoms with van der Waals surface area (Å²) in [4.78, 5) is 22.9. The predicted molar refractivity (Wildman–Crippen MR) is 104 cm³/mol. The second-order valence-electron chi connectivity index (χ2n) is 8.00. The smallest absolute Gasteiger partial charge is 0.164 e. The predicted octanol–water partition coefficient (Wildman–Crippen LogP) is 4.09. The Labute approximate surface area is 153 Å². The van der Waals surface area contributed by atoms with Crippen LogP contribution in [0.2, 0.25) is 0 Å². The van der Waals surface area contributed by atoms with Gasteiger partial charge in [-0.25, -0.2) is 4.98 Å². The molecule has 3 aromatic rings. The molecule has 1 fully saturated rings. The van der Waals surface area contributed by atoms with E-state index in [0.717, 1.165) is 53.8 Å². The Morgan fingerprint density at radius 2 is 1.92 bits per heavy atom. The van der Waals surface area contributed by atoms with Gasteiger partial charge >= 0.3 is 0 Å². The van der Waals surface area contributed by atoms with Gasteiger partial charge in [-0.1, -0.05) is 12.1 Å². The Kier molecular flexibility index (Phi) is 3.35. The molecule has 2 aromatic heterocycles. The second-order valence-corrected chi connectivity index (χ2v) is 8.00. The van der Waals surface area contributed by atoms with Gasteiger partial charge in [0.1, 0.15) is 5.65 Å². The highest BCUT2D eigenvalue weighted by Gasteiger charge is 2.44. The molecule has 0 unspecified atom stereocenters. The molecule has 1 aromatic carbocycles. The number of hydrogen-bond acceptors (Lipinski definition) is 3. The number of Topliss-reactive ketones (excluding diaryl/α,β-unsaturated/α-hetero) is 1. The number of nitrogens with one attached hydrogen (secondary N) is 1. The maximum atomic E-state index is 12.6. The minimum Gasteiger partial charge on any atom is -0.346 e. The molecule has 4 nitrogen and oxygen atoms in total. The van der Waals surface area contributed by atoms with Gasteiger partial charge in [-0.2, -0.15) is 0 Å². The van der Waals surface area contributed by atoms with Gasteiger partial charge < -0.3 is 9.88 Å². The zero-order valence-corrected chi connectivity index (χ0v) is 15.3. The molecule has 0 atom stereocenters. The van der Waals surface area contributed by atoms with Crippen LogP contribution in [-0.4, -0.2) is 40.8 Å². The van der Waals surface area contributed by atoms with Crippen molar-refractivity contribution in [2.45, 2.75) is 31.6 Å². The number of pyridine rings is 1. The highest BCUT2D eigenvalue weighted by atomic mass is 16.1. The third kappa shape index (κ3) is 2.25. The van der Waals surface area contributed by atoms with E-state index in [9.17, 15) is 4.79 Å². The first kappa shape index (κ1) is 15.8. The Morgan fingerprint density at radius 3 is 2.73 bits per heavy atom. The number of ketones is 1. The Balaban J connectivity index is 1.64. The van der Waals surface area contributed by atoms with Crippen molar-refractivity contribution < 1.29 is 4.79 Å². The van der Waals surface area contributed by atoms with Crippen LogP contribution in [0.1, 0.15) is 40.9 Å². The molecule has 1 aliphatic heterocycles. The molecule has 0 amide bonds. The van der Waals surface area contributed by atoms with Crippen molar-refractivity contribution >= 4 is 16.8 Å². The van der Waals surface area contributed by atoms with Crippen molar-refractivity contribution in [3.8, 4) is 11.1 Å². The number of H-pyrrole nitrogens is 1. The highest BCUT2D eigenvalue weighted by Crippen LogP contribution is 2.47. The SMILES string of the molecule is Cc1ccc2c(-c3ccc4c(c3)C3(CCN(C)CC3)CC4=O)c[nH]c2n1. The van der Waals surface area contributed by atoms with E-state index in [1.54, 1.807) is 0 Å². The average Bonchev–Trinajstić information content (AvgIpc) is 3.17. The molecule has 0 radical (unpaired) electrons. The van der Waals surface area contributed by atoms with E-state index in [-0.39, 0.29) is 5.41 Å². The van der Waals surface area contributed by atoms with Gasteiger partial charge in [-0.3, -0.25) is 4.79 Å². The number of nitrogens with zero attached hydrogens (tertiary/aromatic N) is 2. The fraction of sp³-hybridized carbons (Fsp3) is 0.364. The first-order valence-corrected chi connectivity index (χ1v) is 9.37. The lowest BCUT2D eigenvalue weighted by Crippen LogP contribution is -2.39. The molecule has 0 bridgehead atoms. The number of rotatable bonds is 1. The number of aromatic nitrogens is 2. The molecule has 26 heavy (non-hydrogen) atoms. The Hall–Kier alpha value is -2.46. The number of fused-ring (bicyclic) bond motifs is 3. The maximum Gasteiger partial charge on any atom is 0.164 e. The van der Waals surface area contributed by atoms with Gasteiger partial charge in [0, 0.05) is 40.2 Å². The van der Waals surface area contributed by atoms with E-state index >= 15 is 0 Å². The molecule has 4 heteroatoms. The minimum atomic E-state index is 0.0376. The summed E-state index contributed by atoms with van der Waals surface area (Å²) in [7, 11) is 2.17. The lowest BCUT2D eigenvalue weighted by Gasteiger charge is -2.38. The van der Waals surface area contributed by atoms with Gasteiger partial charge in [0.2, 0.25) is 0 Å². The van der Waals surface area contributed by atoms with Crippen LogP contribution in [0, 0.1) is 6.92 Å². The van der Waals surface area contributed by atoms with Crippen molar-refractivity contribution in [1.29, 1.82) is 0 Å². The van der Waals surface area contributed by atoms with Crippen LogP contribution in [0.15, 0.2) is 36.5 Å². The van der Waals surface area contributed by atoms with Crippen LogP contribution in [-0.2, 0) is 5.41 Å². The van der Waals surface area contributed by atoms with Gasteiger partial charge in [-0.15, -0.1) is 0 Å². The summed E-state index contributed by atoms with van der Waals surface area (Å²) >= 11 is 0. The van der Waals surface area contributed by atoms with Crippen molar-refractivity contribution in [1.82, 2.24) is 14.9 Å². The summed E-state index contributed by atoms with van der Waals surface area (Å²) in [6.45, 7) is 4.13.